The maximum absolute atomic E-state index is 13.4. The van der Waals surface area contributed by atoms with Crippen LogP contribution in [0.2, 0.25) is 0 Å². The van der Waals surface area contributed by atoms with E-state index in [2.05, 4.69) is 11.9 Å². The average Bonchev–Trinajstić information content (AvgIpc) is 3.08. The molecule has 0 aliphatic carbocycles. The quantitative estimate of drug-likeness (QED) is 0.684. The van der Waals surface area contributed by atoms with Crippen LogP contribution >= 0.6 is 11.3 Å². The van der Waals surface area contributed by atoms with Crippen LogP contribution in [0.1, 0.15) is 24.6 Å². The third kappa shape index (κ3) is 3.91. The largest absolute Gasteiger partial charge is 0.378 e. The van der Waals surface area contributed by atoms with E-state index in [9.17, 15) is 18.0 Å². The summed E-state index contributed by atoms with van der Waals surface area (Å²) in [5.74, 6) is 0.282. The lowest BCUT2D eigenvalue weighted by Crippen LogP contribution is -2.43. The summed E-state index contributed by atoms with van der Waals surface area (Å²) in [5, 5.41) is 0.0911. The summed E-state index contributed by atoms with van der Waals surface area (Å²) in [6.07, 6.45) is 2.94. The van der Waals surface area contributed by atoms with Crippen LogP contribution in [-0.2, 0) is 26.1 Å². The van der Waals surface area contributed by atoms with Crippen molar-refractivity contribution in [2.75, 3.05) is 39.4 Å². The number of ether oxygens (including phenoxy) is 1. The monoisotopic (exact) mass is 454 g/mol. The summed E-state index contributed by atoms with van der Waals surface area (Å²) in [4.78, 5) is 32.7. The van der Waals surface area contributed by atoms with Crippen molar-refractivity contribution in [2.45, 2.75) is 38.1 Å². The molecule has 0 spiro atoms. The Labute approximate surface area is 179 Å². The lowest BCUT2D eigenvalue weighted by Gasteiger charge is -2.29. The number of carbonyl (C=O) groups is 1. The standard InChI is InChI=1S/C19H26N4O5S2/c1-13-3-5-23(6-4-13)30(26,27)17-14(2)29-18-16(17)19(25)22(12-20-18)11-15(24)21-7-9-28-10-8-21/h12-13H,3-11H2,1-2H3. The van der Waals surface area contributed by atoms with E-state index in [4.69, 9.17) is 4.74 Å². The first-order chi connectivity index (χ1) is 14.3. The molecule has 0 radical (unpaired) electrons. The maximum Gasteiger partial charge on any atom is 0.263 e. The van der Waals surface area contributed by atoms with Crippen LogP contribution in [0.15, 0.2) is 16.0 Å². The van der Waals surface area contributed by atoms with E-state index < -0.39 is 15.6 Å². The van der Waals surface area contributed by atoms with Gasteiger partial charge >= 0.3 is 0 Å². The fourth-order valence-corrected chi connectivity index (χ4v) is 7.09. The smallest absolute Gasteiger partial charge is 0.263 e. The molecule has 2 aliphatic rings. The number of amides is 1. The predicted octanol–water partition coefficient (Wildman–Crippen LogP) is 1.05. The normalized spacial score (nSPS) is 19.5. The van der Waals surface area contributed by atoms with Gasteiger partial charge in [0, 0.05) is 31.1 Å². The summed E-state index contributed by atoms with van der Waals surface area (Å²) in [6, 6.07) is 0. The second kappa shape index (κ2) is 8.37. The van der Waals surface area contributed by atoms with Gasteiger partial charge < -0.3 is 9.64 Å². The van der Waals surface area contributed by atoms with Gasteiger partial charge in [0.05, 0.1) is 24.9 Å². The highest BCUT2D eigenvalue weighted by molar-refractivity contribution is 7.89. The van der Waals surface area contributed by atoms with Gasteiger partial charge in [0.15, 0.2) is 0 Å². The van der Waals surface area contributed by atoms with Gasteiger partial charge in [-0.15, -0.1) is 11.3 Å². The Morgan fingerprint density at radius 3 is 2.57 bits per heavy atom. The first-order valence-electron chi connectivity index (χ1n) is 10.1. The van der Waals surface area contributed by atoms with E-state index in [1.54, 1.807) is 11.8 Å². The molecule has 30 heavy (non-hydrogen) atoms. The lowest BCUT2D eigenvalue weighted by molar-refractivity contribution is -0.135. The fraction of sp³-hybridized carbons (Fsp3) is 0.632. The van der Waals surface area contributed by atoms with Gasteiger partial charge in [-0.25, -0.2) is 13.4 Å². The predicted molar refractivity (Wildman–Crippen MR) is 113 cm³/mol. The number of aryl methyl sites for hydroxylation is 1. The van der Waals surface area contributed by atoms with Crippen LogP contribution < -0.4 is 5.56 Å². The molecule has 2 saturated heterocycles. The van der Waals surface area contributed by atoms with Crippen molar-refractivity contribution >= 4 is 37.5 Å². The number of hydrogen-bond acceptors (Lipinski definition) is 7. The average molecular weight is 455 g/mol. The Balaban J connectivity index is 1.71. The Hall–Kier alpha value is -1.82. The molecule has 2 aromatic heterocycles. The minimum atomic E-state index is -3.81. The highest BCUT2D eigenvalue weighted by Crippen LogP contribution is 2.34. The first-order valence-corrected chi connectivity index (χ1v) is 12.4. The topological polar surface area (TPSA) is 102 Å². The molecule has 11 heteroatoms. The summed E-state index contributed by atoms with van der Waals surface area (Å²) >= 11 is 1.20. The molecule has 2 fully saturated rings. The first kappa shape index (κ1) is 21.4. The van der Waals surface area contributed by atoms with Crippen molar-refractivity contribution in [2.24, 2.45) is 5.92 Å². The van der Waals surface area contributed by atoms with E-state index in [0.29, 0.717) is 55.0 Å². The molecule has 4 rings (SSSR count). The summed E-state index contributed by atoms with van der Waals surface area (Å²) < 4.78 is 34.7. The van der Waals surface area contributed by atoms with Crippen LogP contribution in [0, 0.1) is 12.8 Å². The van der Waals surface area contributed by atoms with Gasteiger partial charge in [0.2, 0.25) is 15.9 Å². The lowest BCUT2D eigenvalue weighted by atomic mass is 10.0. The summed E-state index contributed by atoms with van der Waals surface area (Å²) in [7, 11) is -3.81. The highest BCUT2D eigenvalue weighted by atomic mass is 32.2. The molecule has 2 aliphatic heterocycles. The van der Waals surface area contributed by atoms with Gasteiger partial charge in [-0.1, -0.05) is 6.92 Å². The molecule has 0 bridgehead atoms. The molecule has 1 amide bonds. The van der Waals surface area contributed by atoms with Crippen LogP contribution in [0.4, 0.5) is 0 Å². The van der Waals surface area contributed by atoms with Crippen LogP contribution in [0.5, 0.6) is 0 Å². The minimum absolute atomic E-state index is 0.0442. The van der Waals surface area contributed by atoms with E-state index >= 15 is 0 Å². The second-order valence-corrected chi connectivity index (χ2v) is 11.0. The zero-order chi connectivity index (χ0) is 21.5. The highest BCUT2D eigenvalue weighted by Gasteiger charge is 2.33. The molecule has 0 unspecified atom stereocenters. The van der Waals surface area contributed by atoms with Crippen molar-refractivity contribution in [3.8, 4) is 0 Å². The molecule has 0 atom stereocenters. The fourth-order valence-electron chi connectivity index (χ4n) is 3.95. The van der Waals surface area contributed by atoms with E-state index in [-0.39, 0.29) is 22.7 Å². The Morgan fingerprint density at radius 1 is 1.23 bits per heavy atom. The molecule has 4 heterocycles. The zero-order valence-electron chi connectivity index (χ0n) is 17.2. The molecule has 0 saturated carbocycles. The number of thiophene rings is 1. The number of sulfonamides is 1. The Morgan fingerprint density at radius 2 is 1.90 bits per heavy atom. The number of carbonyl (C=O) groups excluding carboxylic acids is 1. The second-order valence-electron chi connectivity index (χ2n) is 7.92. The molecule has 9 nitrogen and oxygen atoms in total. The number of morpholine rings is 1. The van der Waals surface area contributed by atoms with Crippen LogP contribution in [0.3, 0.4) is 0 Å². The molecule has 0 aromatic carbocycles. The summed E-state index contributed by atoms with van der Waals surface area (Å²) in [5.41, 5.74) is -0.491. The zero-order valence-corrected chi connectivity index (χ0v) is 18.8. The van der Waals surface area contributed by atoms with Crippen LogP contribution in [0.25, 0.3) is 10.2 Å². The number of hydrogen-bond donors (Lipinski definition) is 0. The van der Waals surface area contributed by atoms with Crippen molar-refractivity contribution in [3.05, 3.63) is 21.6 Å². The van der Waals surface area contributed by atoms with Gasteiger partial charge in [0.25, 0.3) is 5.56 Å². The summed E-state index contributed by atoms with van der Waals surface area (Å²) in [6.45, 7) is 6.45. The minimum Gasteiger partial charge on any atom is -0.378 e. The van der Waals surface area contributed by atoms with Gasteiger partial charge in [0.1, 0.15) is 16.3 Å². The Kier molecular flexibility index (Phi) is 5.97. The maximum atomic E-state index is 13.4. The van der Waals surface area contributed by atoms with Crippen molar-refractivity contribution in [1.82, 2.24) is 18.8 Å². The molecule has 0 N–H and O–H groups in total. The van der Waals surface area contributed by atoms with E-state index in [0.717, 1.165) is 12.8 Å². The third-order valence-corrected chi connectivity index (χ3v) is 9.02. The van der Waals surface area contributed by atoms with Crippen molar-refractivity contribution in [1.29, 1.82) is 0 Å². The SMILES string of the molecule is Cc1sc2ncn(CC(=O)N3CCOCC3)c(=O)c2c1S(=O)(=O)N1CCC(C)CC1. The molecular formula is C19H26N4O5S2. The van der Waals surface area contributed by atoms with Crippen molar-refractivity contribution in [3.63, 3.8) is 0 Å². The number of piperidine rings is 1. The number of fused-ring (bicyclic) bond motifs is 1. The molecular weight excluding hydrogens is 428 g/mol. The van der Waals surface area contributed by atoms with E-state index in [1.807, 2.05) is 0 Å². The van der Waals surface area contributed by atoms with E-state index in [1.165, 1.54) is 26.5 Å². The van der Waals surface area contributed by atoms with Crippen molar-refractivity contribution < 1.29 is 17.9 Å². The number of nitrogens with zero attached hydrogens (tertiary/aromatic N) is 4. The van der Waals surface area contributed by atoms with Gasteiger partial charge in [-0.2, -0.15) is 4.31 Å². The van der Waals surface area contributed by atoms with Gasteiger partial charge in [-0.05, 0) is 25.7 Å². The molecule has 2 aromatic rings. The van der Waals surface area contributed by atoms with Crippen LogP contribution in [-0.4, -0.2) is 72.5 Å². The third-order valence-electron chi connectivity index (χ3n) is 5.81. The van der Waals surface area contributed by atoms with Gasteiger partial charge in [-0.3, -0.25) is 14.2 Å². The molecule has 164 valence electrons. The number of rotatable bonds is 4. The number of aromatic nitrogens is 2. The Bertz CT molecular complexity index is 1110.